The Morgan fingerprint density at radius 2 is 1.71 bits per heavy atom. The lowest BCUT2D eigenvalue weighted by molar-refractivity contribution is -0.141. The van der Waals surface area contributed by atoms with Crippen molar-refractivity contribution in [1.82, 2.24) is 0 Å². The molecule has 21 heavy (non-hydrogen) atoms. The van der Waals surface area contributed by atoms with Gasteiger partial charge in [0.1, 0.15) is 12.4 Å². The highest BCUT2D eigenvalue weighted by molar-refractivity contribution is 7.85. The molecule has 0 saturated carbocycles. The zero-order valence-electron chi connectivity index (χ0n) is 12.9. The normalized spacial score (nSPS) is 12.0. The number of rotatable bonds is 11. The predicted octanol–water partition coefficient (Wildman–Crippen LogP) is 3.84. The van der Waals surface area contributed by atoms with Crippen molar-refractivity contribution >= 4 is 16.8 Å². The van der Waals surface area contributed by atoms with Crippen molar-refractivity contribution in [3.8, 4) is 0 Å². The zero-order chi connectivity index (χ0) is 15.3. The van der Waals surface area contributed by atoms with Gasteiger partial charge in [-0.05, 0) is 12.0 Å². The average molecular weight is 310 g/mol. The van der Waals surface area contributed by atoms with Crippen LogP contribution in [0.15, 0.2) is 30.3 Å². The summed E-state index contributed by atoms with van der Waals surface area (Å²) in [7, 11) is -1.09. The highest BCUT2D eigenvalue weighted by Gasteiger charge is 2.09. The number of unbranched alkanes of at least 4 members (excludes halogenated alkanes) is 5. The smallest absolute Gasteiger partial charge is 0.318 e. The Hall–Kier alpha value is -1.16. The van der Waals surface area contributed by atoms with Crippen molar-refractivity contribution in [2.75, 3.05) is 11.5 Å². The Labute approximate surface area is 130 Å². The van der Waals surface area contributed by atoms with Crippen LogP contribution in [0.5, 0.6) is 0 Å². The van der Waals surface area contributed by atoms with E-state index in [1.165, 1.54) is 25.7 Å². The molecular weight excluding hydrogens is 284 g/mol. The summed E-state index contributed by atoms with van der Waals surface area (Å²) in [4.78, 5) is 11.6. The number of ether oxygens (including phenoxy) is 1. The second-order valence-corrected chi connectivity index (χ2v) is 6.78. The van der Waals surface area contributed by atoms with Crippen LogP contribution >= 0.6 is 0 Å². The number of esters is 1. The third kappa shape index (κ3) is 9.40. The van der Waals surface area contributed by atoms with E-state index in [1.807, 2.05) is 30.3 Å². The van der Waals surface area contributed by atoms with Crippen molar-refractivity contribution in [1.29, 1.82) is 0 Å². The Morgan fingerprint density at radius 1 is 1.05 bits per heavy atom. The Balaban J connectivity index is 2.06. The van der Waals surface area contributed by atoms with Crippen LogP contribution in [0.25, 0.3) is 0 Å². The first kappa shape index (κ1) is 17.9. The van der Waals surface area contributed by atoms with Crippen molar-refractivity contribution in [2.45, 2.75) is 52.1 Å². The lowest BCUT2D eigenvalue weighted by Crippen LogP contribution is -2.16. The van der Waals surface area contributed by atoms with Gasteiger partial charge in [0.25, 0.3) is 0 Å². The second-order valence-electron chi connectivity index (χ2n) is 5.20. The second kappa shape index (κ2) is 11.5. The van der Waals surface area contributed by atoms with Gasteiger partial charge in [-0.2, -0.15) is 0 Å². The number of carbonyl (C=O) groups is 1. The molecule has 4 heteroatoms. The van der Waals surface area contributed by atoms with E-state index in [-0.39, 0.29) is 18.3 Å². The van der Waals surface area contributed by atoms with E-state index in [0.717, 1.165) is 18.4 Å². The van der Waals surface area contributed by atoms with Gasteiger partial charge in [-0.25, -0.2) is 0 Å². The van der Waals surface area contributed by atoms with E-state index in [9.17, 15) is 9.00 Å². The van der Waals surface area contributed by atoms with Crippen molar-refractivity contribution in [3.63, 3.8) is 0 Å². The van der Waals surface area contributed by atoms with E-state index in [4.69, 9.17) is 4.74 Å². The van der Waals surface area contributed by atoms with Crippen LogP contribution in [-0.2, 0) is 26.9 Å². The summed E-state index contributed by atoms with van der Waals surface area (Å²) in [6.45, 7) is 2.45. The number of carbonyl (C=O) groups excluding carboxylic acids is 1. The summed E-state index contributed by atoms with van der Waals surface area (Å²) in [6.07, 6.45) is 6.99. The van der Waals surface area contributed by atoms with Crippen LogP contribution in [0.4, 0.5) is 0 Å². The van der Waals surface area contributed by atoms with Crippen LogP contribution in [0.2, 0.25) is 0 Å². The minimum Gasteiger partial charge on any atom is -0.460 e. The third-order valence-corrected chi connectivity index (χ3v) is 4.55. The van der Waals surface area contributed by atoms with Crippen molar-refractivity contribution < 1.29 is 13.7 Å². The zero-order valence-corrected chi connectivity index (χ0v) is 13.7. The molecule has 0 unspecified atom stereocenters. The summed E-state index contributed by atoms with van der Waals surface area (Å²) >= 11 is 0. The van der Waals surface area contributed by atoms with E-state index in [2.05, 4.69) is 6.92 Å². The summed E-state index contributed by atoms with van der Waals surface area (Å²) in [5.41, 5.74) is 0.951. The topological polar surface area (TPSA) is 43.4 Å². The summed E-state index contributed by atoms with van der Waals surface area (Å²) in [6, 6.07) is 9.53. The highest BCUT2D eigenvalue weighted by atomic mass is 32.2. The number of hydrogen-bond acceptors (Lipinski definition) is 3. The largest absolute Gasteiger partial charge is 0.460 e. The maximum absolute atomic E-state index is 11.8. The molecule has 1 atom stereocenters. The molecule has 0 aliphatic heterocycles. The molecule has 0 bridgehead atoms. The Bertz CT molecular complexity index is 417. The molecule has 0 spiro atoms. The number of benzene rings is 1. The minimum absolute atomic E-state index is 0.0157. The summed E-state index contributed by atoms with van der Waals surface area (Å²) < 4.78 is 16.9. The van der Waals surface area contributed by atoms with Gasteiger partial charge in [0.2, 0.25) is 0 Å². The van der Waals surface area contributed by atoms with Gasteiger partial charge in [0, 0.05) is 16.6 Å². The first-order chi connectivity index (χ1) is 10.2. The fourth-order valence-electron chi connectivity index (χ4n) is 2.03. The fourth-order valence-corrected chi connectivity index (χ4v) is 3.04. The molecule has 1 rings (SSSR count). The van der Waals surface area contributed by atoms with Gasteiger partial charge < -0.3 is 4.74 Å². The molecule has 0 saturated heterocycles. The summed E-state index contributed by atoms with van der Waals surface area (Å²) in [5.74, 6) is 0.247. The molecule has 0 aromatic heterocycles. The fraction of sp³-hybridized carbons (Fsp3) is 0.588. The van der Waals surface area contributed by atoms with Gasteiger partial charge in [0.15, 0.2) is 0 Å². The molecule has 1 aromatic rings. The molecule has 0 amide bonds. The van der Waals surface area contributed by atoms with Crippen molar-refractivity contribution in [2.24, 2.45) is 0 Å². The van der Waals surface area contributed by atoms with Gasteiger partial charge in [-0.1, -0.05) is 69.4 Å². The maximum Gasteiger partial charge on any atom is 0.318 e. The van der Waals surface area contributed by atoms with Crippen LogP contribution in [0, 0.1) is 0 Å². The van der Waals surface area contributed by atoms with Gasteiger partial charge in [-0.15, -0.1) is 0 Å². The Kier molecular flexibility index (Phi) is 9.79. The monoisotopic (exact) mass is 310 g/mol. The van der Waals surface area contributed by atoms with Crippen LogP contribution in [-0.4, -0.2) is 21.7 Å². The SMILES string of the molecule is CCCCCCCC[S@](=O)CC(=O)OCc1ccccc1. The first-order valence-electron chi connectivity index (χ1n) is 7.77. The van der Waals surface area contributed by atoms with Crippen molar-refractivity contribution in [3.05, 3.63) is 35.9 Å². The highest BCUT2D eigenvalue weighted by Crippen LogP contribution is 2.06. The van der Waals surface area contributed by atoms with Crippen LogP contribution in [0.1, 0.15) is 51.0 Å². The standard InChI is InChI=1S/C17H26O3S/c1-2-3-4-5-6-10-13-21(19)15-17(18)20-14-16-11-8-7-9-12-16/h7-9,11-12H,2-6,10,13-15H2,1H3/t21-/m0/s1. The Morgan fingerprint density at radius 3 is 2.43 bits per heavy atom. The predicted molar refractivity (Wildman–Crippen MR) is 87.5 cm³/mol. The van der Waals surface area contributed by atoms with Gasteiger partial charge in [-0.3, -0.25) is 9.00 Å². The molecule has 0 aliphatic rings. The van der Waals surface area contributed by atoms with Crippen LogP contribution < -0.4 is 0 Å². The molecule has 0 aliphatic carbocycles. The molecule has 3 nitrogen and oxygen atoms in total. The number of hydrogen-bond donors (Lipinski definition) is 0. The molecule has 0 radical (unpaired) electrons. The lowest BCUT2D eigenvalue weighted by atomic mass is 10.1. The molecule has 0 heterocycles. The van der Waals surface area contributed by atoms with Gasteiger partial charge >= 0.3 is 5.97 Å². The third-order valence-electron chi connectivity index (χ3n) is 3.25. The average Bonchev–Trinajstić information content (AvgIpc) is 2.50. The van der Waals surface area contributed by atoms with Gasteiger partial charge in [0.05, 0.1) is 0 Å². The van der Waals surface area contributed by atoms with E-state index in [0.29, 0.717) is 5.75 Å². The molecule has 118 valence electrons. The van der Waals surface area contributed by atoms with E-state index < -0.39 is 10.8 Å². The minimum atomic E-state index is -1.09. The lowest BCUT2D eigenvalue weighted by Gasteiger charge is -2.05. The molecule has 0 fully saturated rings. The maximum atomic E-state index is 11.8. The van der Waals surface area contributed by atoms with E-state index >= 15 is 0 Å². The molecular formula is C17H26O3S. The first-order valence-corrected chi connectivity index (χ1v) is 9.25. The molecule has 1 aromatic carbocycles. The quantitative estimate of drug-likeness (QED) is 0.461. The van der Waals surface area contributed by atoms with Crippen LogP contribution in [0.3, 0.4) is 0 Å². The van der Waals surface area contributed by atoms with E-state index in [1.54, 1.807) is 0 Å². The summed E-state index contributed by atoms with van der Waals surface area (Å²) in [5, 5.41) is 0. The molecule has 0 N–H and O–H groups in total.